The minimum absolute atomic E-state index is 0.342. The molecule has 0 spiro atoms. The van der Waals surface area contributed by atoms with Crippen LogP contribution in [-0.4, -0.2) is 11.0 Å². The molecular formula is C11H20N2S. The maximum atomic E-state index is 5.97. The molecule has 1 rings (SSSR count). The molecule has 0 saturated carbocycles. The lowest BCUT2D eigenvalue weighted by atomic mass is 9.99. The van der Waals surface area contributed by atoms with E-state index in [9.17, 15) is 0 Å². The van der Waals surface area contributed by atoms with Gasteiger partial charge in [-0.05, 0) is 32.1 Å². The third-order valence-electron chi connectivity index (χ3n) is 2.49. The molecule has 0 amide bonds. The Labute approximate surface area is 90.6 Å². The lowest BCUT2D eigenvalue weighted by molar-refractivity contribution is 0.451. The Morgan fingerprint density at radius 3 is 2.71 bits per heavy atom. The maximum absolute atomic E-state index is 5.97. The van der Waals surface area contributed by atoms with E-state index in [4.69, 9.17) is 5.73 Å². The van der Waals surface area contributed by atoms with Gasteiger partial charge in [0.2, 0.25) is 0 Å². The normalized spacial score (nSPS) is 13.5. The monoisotopic (exact) mass is 212 g/mol. The molecule has 1 aromatic heterocycles. The molecule has 0 aliphatic heterocycles. The van der Waals surface area contributed by atoms with Gasteiger partial charge >= 0.3 is 0 Å². The molecule has 1 heterocycles. The summed E-state index contributed by atoms with van der Waals surface area (Å²) in [5, 5.41) is 3.31. The van der Waals surface area contributed by atoms with Crippen molar-refractivity contribution in [3.63, 3.8) is 0 Å². The van der Waals surface area contributed by atoms with E-state index < -0.39 is 0 Å². The Morgan fingerprint density at radius 1 is 1.50 bits per heavy atom. The Morgan fingerprint density at radius 2 is 2.21 bits per heavy atom. The van der Waals surface area contributed by atoms with Gasteiger partial charge in [0.25, 0.3) is 0 Å². The van der Waals surface area contributed by atoms with Crippen LogP contribution in [0.25, 0.3) is 0 Å². The molecule has 1 unspecified atom stereocenters. The second-order valence-electron chi connectivity index (χ2n) is 4.16. The largest absolute Gasteiger partial charge is 0.327 e. The summed E-state index contributed by atoms with van der Waals surface area (Å²) >= 11 is 1.73. The fourth-order valence-electron chi connectivity index (χ4n) is 1.38. The summed E-state index contributed by atoms with van der Waals surface area (Å²) in [4.78, 5) is 4.43. The molecule has 0 saturated heterocycles. The highest BCUT2D eigenvalue weighted by molar-refractivity contribution is 7.09. The first-order valence-corrected chi connectivity index (χ1v) is 6.14. The van der Waals surface area contributed by atoms with Gasteiger partial charge in [0.15, 0.2) is 0 Å². The lowest BCUT2D eigenvalue weighted by Crippen LogP contribution is -2.26. The molecule has 0 radical (unpaired) electrons. The van der Waals surface area contributed by atoms with Gasteiger partial charge in [0.05, 0.1) is 10.7 Å². The number of rotatable bonds is 5. The van der Waals surface area contributed by atoms with Crippen LogP contribution in [0.1, 0.15) is 37.4 Å². The van der Waals surface area contributed by atoms with Gasteiger partial charge in [-0.25, -0.2) is 4.98 Å². The van der Waals surface area contributed by atoms with Crippen LogP contribution in [0.4, 0.5) is 0 Å². The summed E-state index contributed by atoms with van der Waals surface area (Å²) < 4.78 is 0. The van der Waals surface area contributed by atoms with Gasteiger partial charge in [-0.15, -0.1) is 11.3 Å². The molecule has 1 atom stereocenters. The van der Waals surface area contributed by atoms with Crippen LogP contribution < -0.4 is 5.73 Å². The molecule has 80 valence electrons. The number of thiazole rings is 1. The van der Waals surface area contributed by atoms with Crippen molar-refractivity contribution < 1.29 is 0 Å². The molecule has 14 heavy (non-hydrogen) atoms. The summed E-state index contributed by atoms with van der Waals surface area (Å²) in [6, 6.07) is 0.342. The number of nitrogens with zero attached hydrogens (tertiary/aromatic N) is 1. The predicted octanol–water partition coefficient (Wildman–Crippen LogP) is 2.76. The predicted molar refractivity (Wildman–Crippen MR) is 62.6 cm³/mol. The smallest absolute Gasteiger partial charge is 0.0897 e. The average molecular weight is 212 g/mol. The molecule has 2 N–H and O–H groups in total. The highest BCUT2D eigenvalue weighted by Crippen LogP contribution is 2.12. The topological polar surface area (TPSA) is 38.9 Å². The maximum Gasteiger partial charge on any atom is 0.0897 e. The summed E-state index contributed by atoms with van der Waals surface area (Å²) in [5.74, 6) is 0.590. The molecule has 0 aliphatic carbocycles. The molecule has 0 bridgehead atoms. The number of aryl methyl sites for hydroxylation is 2. The van der Waals surface area contributed by atoms with Gasteiger partial charge in [0.1, 0.15) is 0 Å². The van der Waals surface area contributed by atoms with E-state index in [-0.39, 0.29) is 0 Å². The van der Waals surface area contributed by atoms with Crippen molar-refractivity contribution in [1.29, 1.82) is 0 Å². The van der Waals surface area contributed by atoms with E-state index in [0.29, 0.717) is 12.0 Å². The van der Waals surface area contributed by atoms with Gasteiger partial charge in [-0.3, -0.25) is 0 Å². The summed E-state index contributed by atoms with van der Waals surface area (Å²) in [6.45, 7) is 6.41. The summed E-state index contributed by atoms with van der Waals surface area (Å²) in [6.07, 6.45) is 3.33. The average Bonchev–Trinajstić information content (AvgIpc) is 2.51. The third-order valence-corrected chi connectivity index (χ3v) is 3.32. The van der Waals surface area contributed by atoms with Crippen molar-refractivity contribution in [3.05, 3.63) is 16.1 Å². The van der Waals surface area contributed by atoms with E-state index in [2.05, 4.69) is 24.2 Å². The van der Waals surface area contributed by atoms with Crippen molar-refractivity contribution in [3.8, 4) is 0 Å². The van der Waals surface area contributed by atoms with Gasteiger partial charge in [0, 0.05) is 11.4 Å². The van der Waals surface area contributed by atoms with E-state index in [1.165, 1.54) is 5.69 Å². The number of nitrogens with two attached hydrogens (primary N) is 1. The van der Waals surface area contributed by atoms with E-state index in [0.717, 1.165) is 24.3 Å². The molecule has 2 nitrogen and oxygen atoms in total. The minimum atomic E-state index is 0.342. The van der Waals surface area contributed by atoms with Crippen LogP contribution >= 0.6 is 11.3 Å². The Bertz CT molecular complexity index is 268. The van der Waals surface area contributed by atoms with Crippen molar-refractivity contribution in [2.75, 3.05) is 0 Å². The molecule has 3 heteroatoms. The Balaban J connectivity index is 2.22. The minimum Gasteiger partial charge on any atom is -0.327 e. The second-order valence-corrected chi connectivity index (χ2v) is 5.22. The molecular weight excluding hydrogens is 192 g/mol. The zero-order valence-corrected chi connectivity index (χ0v) is 10.1. The van der Waals surface area contributed by atoms with Gasteiger partial charge in [-0.1, -0.05) is 13.8 Å². The summed E-state index contributed by atoms with van der Waals surface area (Å²) in [7, 11) is 0. The molecule has 0 fully saturated rings. The van der Waals surface area contributed by atoms with Crippen molar-refractivity contribution >= 4 is 11.3 Å². The highest BCUT2D eigenvalue weighted by Gasteiger charge is 2.07. The van der Waals surface area contributed by atoms with Crippen LogP contribution in [0.15, 0.2) is 5.38 Å². The summed E-state index contributed by atoms with van der Waals surface area (Å²) in [5.41, 5.74) is 7.19. The SMILES string of the molecule is Cc1nc(CCCC(N)C(C)C)cs1. The standard InChI is InChI=1S/C11H20N2S/c1-8(2)11(12)6-4-5-10-7-14-9(3)13-10/h7-8,11H,4-6,12H2,1-3H3. The fraction of sp³-hybridized carbons (Fsp3) is 0.727. The molecule has 0 aliphatic rings. The van der Waals surface area contributed by atoms with E-state index >= 15 is 0 Å². The van der Waals surface area contributed by atoms with E-state index in [1.807, 2.05) is 6.92 Å². The Hall–Kier alpha value is -0.410. The van der Waals surface area contributed by atoms with Gasteiger partial charge in [-0.2, -0.15) is 0 Å². The van der Waals surface area contributed by atoms with Crippen LogP contribution in [0.2, 0.25) is 0 Å². The Kier molecular flexibility index (Phi) is 4.55. The third kappa shape index (κ3) is 3.76. The zero-order chi connectivity index (χ0) is 10.6. The first-order chi connectivity index (χ1) is 6.59. The fourth-order valence-corrected chi connectivity index (χ4v) is 2.02. The first-order valence-electron chi connectivity index (χ1n) is 5.26. The molecule has 1 aromatic rings. The number of hydrogen-bond donors (Lipinski definition) is 1. The zero-order valence-electron chi connectivity index (χ0n) is 9.29. The second kappa shape index (κ2) is 5.47. The van der Waals surface area contributed by atoms with Crippen molar-refractivity contribution in [2.24, 2.45) is 11.7 Å². The van der Waals surface area contributed by atoms with Crippen LogP contribution in [-0.2, 0) is 6.42 Å². The van der Waals surface area contributed by atoms with Crippen LogP contribution in [0.3, 0.4) is 0 Å². The van der Waals surface area contributed by atoms with Crippen LogP contribution in [0, 0.1) is 12.8 Å². The van der Waals surface area contributed by atoms with Crippen molar-refractivity contribution in [2.45, 2.75) is 46.1 Å². The van der Waals surface area contributed by atoms with Gasteiger partial charge < -0.3 is 5.73 Å². The van der Waals surface area contributed by atoms with E-state index in [1.54, 1.807) is 11.3 Å². The number of aromatic nitrogens is 1. The lowest BCUT2D eigenvalue weighted by Gasteiger charge is -2.14. The highest BCUT2D eigenvalue weighted by atomic mass is 32.1. The molecule has 0 aromatic carbocycles. The van der Waals surface area contributed by atoms with Crippen LogP contribution in [0.5, 0.6) is 0 Å². The van der Waals surface area contributed by atoms with Crippen molar-refractivity contribution in [1.82, 2.24) is 4.98 Å². The first kappa shape index (κ1) is 11.7. The number of hydrogen-bond acceptors (Lipinski definition) is 3. The quantitative estimate of drug-likeness (QED) is 0.815.